The fourth-order valence-electron chi connectivity index (χ4n) is 1.58. The molecule has 2 nitrogen and oxygen atoms in total. The molecular weight excluding hydrogens is 212 g/mol. The van der Waals surface area contributed by atoms with Gasteiger partial charge in [0.15, 0.2) is 0 Å². The second kappa shape index (κ2) is 5.76. The normalized spacial score (nSPS) is 13.1. The molecule has 0 spiro atoms. The van der Waals surface area contributed by atoms with Crippen LogP contribution in [0, 0.1) is 11.3 Å². The van der Waals surface area contributed by atoms with E-state index in [2.05, 4.69) is 0 Å². The van der Waals surface area contributed by atoms with Crippen molar-refractivity contribution in [2.75, 3.05) is 0 Å². The molecule has 0 amide bonds. The second-order valence-electron chi connectivity index (χ2n) is 5.38. The number of ketones is 1. The molecule has 0 bridgehead atoms. The highest BCUT2D eigenvalue weighted by atomic mass is 16.1. The zero-order valence-electron chi connectivity index (χ0n) is 10.7. The molecule has 0 heterocycles. The predicted octanol–water partition coefficient (Wildman–Crippen LogP) is 2.96. The van der Waals surface area contributed by atoms with Crippen molar-refractivity contribution in [2.24, 2.45) is 11.3 Å². The summed E-state index contributed by atoms with van der Waals surface area (Å²) < 4.78 is 0. The zero-order chi connectivity index (χ0) is 12.9. The lowest BCUT2D eigenvalue weighted by atomic mass is 9.84. The molecule has 1 unspecified atom stereocenters. The number of hydrogen-bond donors (Lipinski definition) is 0. The lowest BCUT2D eigenvalue weighted by Crippen LogP contribution is -2.24. The van der Waals surface area contributed by atoms with Crippen LogP contribution in [0.1, 0.15) is 32.8 Å². The Balaban J connectivity index is 2.62. The molecule has 1 aromatic rings. The van der Waals surface area contributed by atoms with E-state index in [-0.39, 0.29) is 23.5 Å². The van der Waals surface area contributed by atoms with Crippen LogP contribution >= 0.6 is 0 Å². The molecule has 0 aliphatic carbocycles. The third kappa shape index (κ3) is 4.51. The van der Waals surface area contributed by atoms with Gasteiger partial charge >= 0.3 is 0 Å². The van der Waals surface area contributed by atoms with Gasteiger partial charge in [-0.1, -0.05) is 51.1 Å². The third-order valence-corrected chi connectivity index (χ3v) is 2.76. The van der Waals surface area contributed by atoms with Gasteiger partial charge in [-0.15, -0.1) is 0 Å². The number of benzene rings is 1. The van der Waals surface area contributed by atoms with E-state index in [1.165, 1.54) is 0 Å². The smallest absolute Gasteiger partial charge is 0.202 e. The molecule has 91 valence electrons. The standard InChI is InChI=1S/C15H19O2/c1-15(2,3)14(17)10-13(11-16)9-12-7-5-4-6-8-12/h4-8,13H,9-10H2,1-3H3. The maximum Gasteiger partial charge on any atom is 0.202 e. The molecule has 0 saturated heterocycles. The second-order valence-corrected chi connectivity index (χ2v) is 5.38. The van der Waals surface area contributed by atoms with E-state index in [9.17, 15) is 9.59 Å². The summed E-state index contributed by atoms with van der Waals surface area (Å²) >= 11 is 0. The van der Waals surface area contributed by atoms with E-state index >= 15 is 0 Å². The third-order valence-electron chi connectivity index (χ3n) is 2.76. The van der Waals surface area contributed by atoms with Gasteiger partial charge in [-0.3, -0.25) is 9.59 Å². The van der Waals surface area contributed by atoms with Crippen molar-refractivity contribution in [2.45, 2.75) is 33.6 Å². The molecule has 0 saturated carbocycles. The summed E-state index contributed by atoms with van der Waals surface area (Å²) in [4.78, 5) is 22.7. The van der Waals surface area contributed by atoms with Gasteiger partial charge in [0.1, 0.15) is 5.78 Å². The van der Waals surface area contributed by atoms with Gasteiger partial charge in [-0.05, 0) is 12.0 Å². The molecule has 0 aliphatic rings. The maximum atomic E-state index is 11.8. The average molecular weight is 231 g/mol. The molecule has 1 radical (unpaired) electrons. The van der Waals surface area contributed by atoms with Gasteiger partial charge in [0.2, 0.25) is 6.29 Å². The summed E-state index contributed by atoms with van der Waals surface area (Å²) in [6.45, 7) is 5.62. The molecule has 1 rings (SSSR count). The van der Waals surface area contributed by atoms with Gasteiger partial charge in [0, 0.05) is 17.8 Å². The Kier molecular flexibility index (Phi) is 4.62. The van der Waals surface area contributed by atoms with Crippen molar-refractivity contribution in [3.8, 4) is 0 Å². The quantitative estimate of drug-likeness (QED) is 0.780. The number of rotatable bonds is 5. The molecule has 0 aromatic heterocycles. The van der Waals surface area contributed by atoms with E-state index < -0.39 is 0 Å². The molecule has 0 N–H and O–H groups in total. The van der Waals surface area contributed by atoms with Crippen LogP contribution in [0.15, 0.2) is 30.3 Å². The Morgan fingerprint density at radius 3 is 2.29 bits per heavy atom. The Labute approximate surface area is 103 Å². The van der Waals surface area contributed by atoms with Gasteiger partial charge in [0.25, 0.3) is 0 Å². The first-order chi connectivity index (χ1) is 7.93. The molecule has 0 aliphatic heterocycles. The molecule has 0 fully saturated rings. The van der Waals surface area contributed by atoms with Crippen LogP contribution in [0.2, 0.25) is 0 Å². The summed E-state index contributed by atoms with van der Waals surface area (Å²) in [5.74, 6) is -0.217. The highest BCUT2D eigenvalue weighted by Crippen LogP contribution is 2.21. The van der Waals surface area contributed by atoms with Crippen molar-refractivity contribution >= 4 is 12.1 Å². The van der Waals surface area contributed by atoms with Crippen LogP contribution in [-0.2, 0) is 16.0 Å². The lowest BCUT2D eigenvalue weighted by molar-refractivity contribution is -0.126. The van der Waals surface area contributed by atoms with Gasteiger partial charge < -0.3 is 0 Å². The first-order valence-corrected chi connectivity index (χ1v) is 5.88. The van der Waals surface area contributed by atoms with Crippen molar-refractivity contribution in [3.63, 3.8) is 0 Å². The van der Waals surface area contributed by atoms with Crippen LogP contribution in [0.4, 0.5) is 0 Å². The van der Waals surface area contributed by atoms with Gasteiger partial charge in [-0.25, -0.2) is 0 Å². The molecule has 17 heavy (non-hydrogen) atoms. The number of carbonyl (C=O) groups is 1. The Morgan fingerprint density at radius 1 is 1.24 bits per heavy atom. The van der Waals surface area contributed by atoms with E-state index in [1.54, 1.807) is 0 Å². The minimum atomic E-state index is -0.383. The topological polar surface area (TPSA) is 34.1 Å². The molecule has 2 heteroatoms. The largest absolute Gasteiger partial charge is 0.299 e. The highest BCUT2D eigenvalue weighted by molar-refractivity contribution is 5.85. The number of Topliss-reactive ketones (excluding diaryl/α,β-unsaturated/α-hetero) is 1. The molecular formula is C15H19O2. The van der Waals surface area contributed by atoms with Crippen LogP contribution in [0.3, 0.4) is 0 Å². The average Bonchev–Trinajstić information content (AvgIpc) is 2.28. The fourth-order valence-corrected chi connectivity index (χ4v) is 1.58. The highest BCUT2D eigenvalue weighted by Gasteiger charge is 2.24. The van der Waals surface area contributed by atoms with Crippen LogP contribution in [0.25, 0.3) is 0 Å². The van der Waals surface area contributed by atoms with Crippen molar-refractivity contribution in [1.82, 2.24) is 0 Å². The summed E-state index contributed by atoms with van der Waals surface area (Å²) in [7, 11) is 0. The molecule has 1 atom stereocenters. The Bertz CT molecular complexity index is 374. The Morgan fingerprint density at radius 2 is 1.82 bits per heavy atom. The lowest BCUT2D eigenvalue weighted by Gasteiger charge is -2.18. The van der Waals surface area contributed by atoms with E-state index in [4.69, 9.17) is 0 Å². The maximum absolute atomic E-state index is 11.8. The zero-order valence-corrected chi connectivity index (χ0v) is 10.7. The minimum Gasteiger partial charge on any atom is -0.299 e. The van der Waals surface area contributed by atoms with Crippen LogP contribution in [0.5, 0.6) is 0 Å². The van der Waals surface area contributed by atoms with E-state index in [0.717, 1.165) is 5.56 Å². The van der Waals surface area contributed by atoms with Crippen molar-refractivity contribution in [1.29, 1.82) is 0 Å². The first kappa shape index (κ1) is 13.6. The summed E-state index contributed by atoms with van der Waals surface area (Å²) in [5.41, 5.74) is 0.689. The van der Waals surface area contributed by atoms with Gasteiger partial charge in [-0.2, -0.15) is 0 Å². The van der Waals surface area contributed by atoms with Crippen LogP contribution < -0.4 is 0 Å². The Hall–Kier alpha value is -1.44. The van der Waals surface area contributed by atoms with Crippen LogP contribution in [-0.4, -0.2) is 12.1 Å². The van der Waals surface area contributed by atoms with E-state index in [1.807, 2.05) is 57.4 Å². The SMILES string of the molecule is CC(C)(C)C(=O)CC([C]=O)Cc1ccccc1. The van der Waals surface area contributed by atoms with E-state index in [0.29, 0.717) is 6.42 Å². The molecule has 1 aromatic carbocycles. The number of carbonyl (C=O) groups excluding carboxylic acids is 2. The fraction of sp³-hybridized carbons (Fsp3) is 0.467. The van der Waals surface area contributed by atoms with Crippen molar-refractivity contribution < 1.29 is 9.59 Å². The summed E-state index contributed by atoms with van der Waals surface area (Å²) in [6, 6.07) is 9.73. The summed E-state index contributed by atoms with van der Waals surface area (Å²) in [5, 5.41) is 0. The predicted molar refractivity (Wildman–Crippen MR) is 68.4 cm³/mol. The number of hydrogen-bond acceptors (Lipinski definition) is 2. The first-order valence-electron chi connectivity index (χ1n) is 5.88. The summed E-state index contributed by atoms with van der Waals surface area (Å²) in [6.07, 6.45) is 2.85. The monoisotopic (exact) mass is 231 g/mol. The minimum absolute atomic E-state index is 0.113. The van der Waals surface area contributed by atoms with Gasteiger partial charge in [0.05, 0.1) is 0 Å². The van der Waals surface area contributed by atoms with Crippen molar-refractivity contribution in [3.05, 3.63) is 35.9 Å².